The lowest BCUT2D eigenvalue weighted by molar-refractivity contribution is -0.155. The van der Waals surface area contributed by atoms with E-state index in [1.807, 2.05) is 0 Å². The fraction of sp³-hybridized carbons (Fsp3) is 0.824. The van der Waals surface area contributed by atoms with Crippen LogP contribution in [0, 0.1) is 22.7 Å². The van der Waals surface area contributed by atoms with E-state index in [1.165, 1.54) is 0 Å². The molecular formula is C17H24O3. The third-order valence-corrected chi connectivity index (χ3v) is 7.07. The summed E-state index contributed by atoms with van der Waals surface area (Å²) < 4.78 is 5.73. The summed E-state index contributed by atoms with van der Waals surface area (Å²) in [4.78, 5) is 12.3. The smallest absolute Gasteiger partial charge is 0.313 e. The van der Waals surface area contributed by atoms with Gasteiger partial charge in [-0.2, -0.15) is 0 Å². The quantitative estimate of drug-likeness (QED) is 0.546. The second-order valence-corrected chi connectivity index (χ2v) is 7.98. The second kappa shape index (κ2) is 3.49. The molecule has 0 aromatic carbocycles. The van der Waals surface area contributed by atoms with Crippen LogP contribution < -0.4 is 0 Å². The standard InChI is InChI=1S/C17H24O3/c1-10-5-4-6-15(3)9-13-12(8-17(10,15)19)16(7-11(16)2)14(18)20-13/h11-13,19H,1,4-9H2,2-3H3/t11?,12-,13+,15+,16?,17+/m0/s1. The van der Waals surface area contributed by atoms with Crippen molar-refractivity contribution in [2.24, 2.45) is 22.7 Å². The Morgan fingerprint density at radius 2 is 2.05 bits per heavy atom. The number of esters is 1. The van der Waals surface area contributed by atoms with Crippen LogP contribution in [0.15, 0.2) is 12.2 Å². The van der Waals surface area contributed by atoms with E-state index in [9.17, 15) is 9.90 Å². The minimum Gasteiger partial charge on any atom is -0.462 e. The summed E-state index contributed by atoms with van der Waals surface area (Å²) in [6.45, 7) is 8.45. The lowest BCUT2D eigenvalue weighted by atomic mass is 9.52. The highest BCUT2D eigenvalue weighted by Gasteiger charge is 2.73. The molecule has 3 aliphatic carbocycles. The van der Waals surface area contributed by atoms with Crippen molar-refractivity contribution in [3.05, 3.63) is 12.2 Å². The third-order valence-electron chi connectivity index (χ3n) is 7.07. The molecule has 20 heavy (non-hydrogen) atoms. The molecular weight excluding hydrogens is 252 g/mol. The number of rotatable bonds is 0. The molecule has 0 aromatic heterocycles. The van der Waals surface area contributed by atoms with E-state index in [-0.39, 0.29) is 28.8 Å². The first kappa shape index (κ1) is 12.9. The van der Waals surface area contributed by atoms with Crippen molar-refractivity contribution in [3.8, 4) is 0 Å². The zero-order valence-corrected chi connectivity index (χ0v) is 12.4. The average molecular weight is 276 g/mol. The van der Waals surface area contributed by atoms with Crippen molar-refractivity contribution in [1.82, 2.24) is 0 Å². The molecule has 1 spiro atoms. The summed E-state index contributed by atoms with van der Waals surface area (Å²) in [5.74, 6) is 0.601. The van der Waals surface area contributed by atoms with Crippen LogP contribution in [0.5, 0.6) is 0 Å². The van der Waals surface area contributed by atoms with E-state index in [0.29, 0.717) is 12.3 Å². The van der Waals surface area contributed by atoms with Gasteiger partial charge in [0, 0.05) is 11.3 Å². The van der Waals surface area contributed by atoms with Gasteiger partial charge in [0.2, 0.25) is 0 Å². The molecule has 4 rings (SSSR count). The highest BCUT2D eigenvalue weighted by molar-refractivity contribution is 5.83. The molecule has 3 heteroatoms. The number of hydrogen-bond acceptors (Lipinski definition) is 3. The molecule has 110 valence electrons. The molecule has 1 N–H and O–H groups in total. The first-order chi connectivity index (χ1) is 9.33. The second-order valence-electron chi connectivity index (χ2n) is 7.98. The minimum absolute atomic E-state index is 0.00328. The summed E-state index contributed by atoms with van der Waals surface area (Å²) in [6.07, 6.45) is 5.43. The number of carbonyl (C=O) groups excluding carboxylic acids is 1. The van der Waals surface area contributed by atoms with Crippen molar-refractivity contribution < 1.29 is 14.6 Å². The summed E-state index contributed by atoms with van der Waals surface area (Å²) >= 11 is 0. The molecule has 2 unspecified atom stereocenters. The van der Waals surface area contributed by atoms with E-state index in [4.69, 9.17) is 4.74 Å². The summed E-state index contributed by atoms with van der Waals surface area (Å²) in [7, 11) is 0. The Morgan fingerprint density at radius 1 is 1.35 bits per heavy atom. The van der Waals surface area contributed by atoms with Gasteiger partial charge in [-0.15, -0.1) is 0 Å². The maximum absolute atomic E-state index is 12.3. The molecule has 3 saturated carbocycles. The van der Waals surface area contributed by atoms with Crippen molar-refractivity contribution in [1.29, 1.82) is 0 Å². The zero-order valence-electron chi connectivity index (χ0n) is 12.4. The van der Waals surface area contributed by atoms with Crippen molar-refractivity contribution in [3.63, 3.8) is 0 Å². The van der Waals surface area contributed by atoms with Gasteiger partial charge in [-0.1, -0.05) is 20.4 Å². The predicted molar refractivity (Wildman–Crippen MR) is 74.9 cm³/mol. The van der Waals surface area contributed by atoms with Gasteiger partial charge in [0.25, 0.3) is 0 Å². The molecule has 3 nitrogen and oxygen atoms in total. The first-order valence-corrected chi connectivity index (χ1v) is 7.95. The molecule has 0 aromatic rings. The van der Waals surface area contributed by atoms with Crippen LogP contribution in [0.25, 0.3) is 0 Å². The van der Waals surface area contributed by atoms with Crippen molar-refractivity contribution in [2.75, 3.05) is 0 Å². The van der Waals surface area contributed by atoms with Gasteiger partial charge in [0.05, 0.1) is 11.0 Å². The largest absolute Gasteiger partial charge is 0.462 e. The van der Waals surface area contributed by atoms with Crippen LogP contribution in [0.3, 0.4) is 0 Å². The number of hydrogen-bond donors (Lipinski definition) is 1. The van der Waals surface area contributed by atoms with Crippen molar-refractivity contribution in [2.45, 2.75) is 64.1 Å². The SMILES string of the molecule is C=C1CCC[C@]2(C)C[C@H]3OC(=O)C4(CC4C)[C@H]3C[C@@]12O. The van der Waals surface area contributed by atoms with Crippen LogP contribution >= 0.6 is 0 Å². The average Bonchev–Trinajstić information content (AvgIpc) is 2.98. The fourth-order valence-corrected chi connectivity index (χ4v) is 5.52. The molecule has 4 aliphatic rings. The van der Waals surface area contributed by atoms with Gasteiger partial charge in [-0.25, -0.2) is 0 Å². The van der Waals surface area contributed by atoms with Gasteiger partial charge in [-0.3, -0.25) is 4.79 Å². The van der Waals surface area contributed by atoms with Crippen LogP contribution in [0.1, 0.15) is 52.4 Å². The van der Waals surface area contributed by atoms with E-state index in [0.717, 1.165) is 37.7 Å². The zero-order chi connectivity index (χ0) is 14.3. The van der Waals surface area contributed by atoms with Gasteiger partial charge in [-0.05, 0) is 50.0 Å². The summed E-state index contributed by atoms with van der Waals surface area (Å²) in [5, 5.41) is 11.3. The number of aliphatic hydroxyl groups is 1. The number of ether oxygens (including phenoxy) is 1. The predicted octanol–water partition coefficient (Wildman–Crippen LogP) is 2.83. The van der Waals surface area contributed by atoms with E-state index in [2.05, 4.69) is 20.4 Å². The van der Waals surface area contributed by atoms with E-state index in [1.54, 1.807) is 0 Å². The maximum atomic E-state index is 12.3. The minimum atomic E-state index is -0.796. The van der Waals surface area contributed by atoms with Gasteiger partial charge in [0.15, 0.2) is 0 Å². The molecule has 0 bridgehead atoms. The highest BCUT2D eigenvalue weighted by atomic mass is 16.6. The lowest BCUT2D eigenvalue weighted by Gasteiger charge is -2.56. The normalized spacial score (nSPS) is 57.2. The van der Waals surface area contributed by atoms with Gasteiger partial charge >= 0.3 is 5.97 Å². The Morgan fingerprint density at radius 3 is 2.70 bits per heavy atom. The molecule has 6 atom stereocenters. The molecule has 4 fully saturated rings. The molecule has 1 saturated heterocycles. The fourth-order valence-electron chi connectivity index (χ4n) is 5.52. The summed E-state index contributed by atoms with van der Waals surface area (Å²) in [6, 6.07) is 0. The Kier molecular flexibility index (Phi) is 2.25. The molecule has 1 heterocycles. The Balaban J connectivity index is 1.74. The van der Waals surface area contributed by atoms with Crippen LogP contribution in [0.2, 0.25) is 0 Å². The Labute approximate surface area is 120 Å². The lowest BCUT2D eigenvalue weighted by Crippen LogP contribution is -2.58. The van der Waals surface area contributed by atoms with Crippen LogP contribution in [-0.4, -0.2) is 22.8 Å². The van der Waals surface area contributed by atoms with E-state index < -0.39 is 5.60 Å². The monoisotopic (exact) mass is 276 g/mol. The Bertz CT molecular complexity index is 512. The number of carbonyl (C=O) groups is 1. The molecule has 0 amide bonds. The first-order valence-electron chi connectivity index (χ1n) is 7.95. The maximum Gasteiger partial charge on any atom is 0.313 e. The summed E-state index contributed by atoms with van der Waals surface area (Å²) in [5.41, 5.74) is -0.268. The van der Waals surface area contributed by atoms with Gasteiger partial charge < -0.3 is 9.84 Å². The molecule has 0 radical (unpaired) electrons. The van der Waals surface area contributed by atoms with Crippen LogP contribution in [0.4, 0.5) is 0 Å². The van der Waals surface area contributed by atoms with E-state index >= 15 is 0 Å². The van der Waals surface area contributed by atoms with Gasteiger partial charge in [0.1, 0.15) is 6.10 Å². The highest BCUT2D eigenvalue weighted by Crippen LogP contribution is 2.70. The molecule has 1 aliphatic heterocycles. The topological polar surface area (TPSA) is 46.5 Å². The van der Waals surface area contributed by atoms with Crippen LogP contribution in [-0.2, 0) is 9.53 Å². The number of fused-ring (bicyclic) bond motifs is 3. The van der Waals surface area contributed by atoms with Crippen molar-refractivity contribution >= 4 is 5.97 Å². The Hall–Kier alpha value is -0.830. The third kappa shape index (κ3) is 1.24.